The van der Waals surface area contributed by atoms with Crippen LogP contribution in [0.1, 0.15) is 24.2 Å². The second-order valence-electron chi connectivity index (χ2n) is 4.75. The molecule has 0 aliphatic heterocycles. The molecule has 1 aromatic carbocycles. The Balaban J connectivity index is 2.52. The van der Waals surface area contributed by atoms with E-state index in [0.717, 1.165) is 0 Å². The molecular formula is C13H17ClN2O3. The number of amides is 2. The minimum Gasteiger partial charge on any atom is -0.394 e. The molecule has 6 heteroatoms. The highest BCUT2D eigenvalue weighted by Crippen LogP contribution is 2.14. The van der Waals surface area contributed by atoms with E-state index in [9.17, 15) is 9.59 Å². The summed E-state index contributed by atoms with van der Waals surface area (Å²) in [5.74, 6) is -0.790. The van der Waals surface area contributed by atoms with E-state index in [0.29, 0.717) is 10.6 Å². The van der Waals surface area contributed by atoms with Gasteiger partial charge in [0.1, 0.15) is 0 Å². The second-order valence-corrected chi connectivity index (χ2v) is 5.16. The smallest absolute Gasteiger partial charge is 0.253 e. The lowest BCUT2D eigenvalue weighted by atomic mass is 10.1. The van der Waals surface area contributed by atoms with Gasteiger partial charge in [-0.1, -0.05) is 23.7 Å². The van der Waals surface area contributed by atoms with Crippen LogP contribution < -0.4 is 10.6 Å². The number of rotatable bonds is 5. The van der Waals surface area contributed by atoms with Crippen LogP contribution in [0.4, 0.5) is 0 Å². The Labute approximate surface area is 117 Å². The number of aliphatic hydroxyl groups is 1. The Hall–Kier alpha value is -1.59. The fraction of sp³-hybridized carbons (Fsp3) is 0.385. The van der Waals surface area contributed by atoms with Gasteiger partial charge in [0.15, 0.2) is 0 Å². The van der Waals surface area contributed by atoms with Crippen molar-refractivity contribution in [2.45, 2.75) is 19.4 Å². The Morgan fingerprint density at radius 1 is 1.32 bits per heavy atom. The third kappa shape index (κ3) is 4.89. The van der Waals surface area contributed by atoms with Crippen LogP contribution >= 0.6 is 11.6 Å². The van der Waals surface area contributed by atoms with Crippen LogP contribution in [0.5, 0.6) is 0 Å². The van der Waals surface area contributed by atoms with Crippen LogP contribution in [-0.2, 0) is 4.79 Å². The molecule has 1 rings (SSSR count). The summed E-state index contributed by atoms with van der Waals surface area (Å²) in [7, 11) is 0. The minimum atomic E-state index is -0.716. The fourth-order valence-corrected chi connectivity index (χ4v) is 1.58. The van der Waals surface area contributed by atoms with E-state index >= 15 is 0 Å². The monoisotopic (exact) mass is 284 g/mol. The minimum absolute atomic E-state index is 0.173. The lowest BCUT2D eigenvalue weighted by Gasteiger charge is -2.23. The average molecular weight is 285 g/mol. The van der Waals surface area contributed by atoms with E-state index in [1.807, 2.05) is 0 Å². The highest BCUT2D eigenvalue weighted by atomic mass is 35.5. The van der Waals surface area contributed by atoms with Gasteiger partial charge < -0.3 is 15.7 Å². The van der Waals surface area contributed by atoms with Crippen LogP contribution in [0.2, 0.25) is 5.02 Å². The largest absolute Gasteiger partial charge is 0.394 e. The van der Waals surface area contributed by atoms with Gasteiger partial charge in [0, 0.05) is 0 Å². The SMILES string of the molecule is CC(C)(CO)NC(=O)CNC(=O)c1ccccc1Cl. The van der Waals surface area contributed by atoms with E-state index in [1.54, 1.807) is 38.1 Å². The van der Waals surface area contributed by atoms with E-state index in [1.165, 1.54) is 0 Å². The maximum Gasteiger partial charge on any atom is 0.253 e. The van der Waals surface area contributed by atoms with Gasteiger partial charge in [-0.3, -0.25) is 9.59 Å². The summed E-state index contributed by atoms with van der Waals surface area (Å²) in [6, 6.07) is 6.59. The molecule has 0 aromatic heterocycles. The highest BCUT2D eigenvalue weighted by molar-refractivity contribution is 6.33. The first-order valence-electron chi connectivity index (χ1n) is 5.80. The Kier molecular flexibility index (Phi) is 5.32. The third-order valence-corrected chi connectivity index (χ3v) is 2.73. The van der Waals surface area contributed by atoms with Gasteiger partial charge in [-0.15, -0.1) is 0 Å². The zero-order valence-electron chi connectivity index (χ0n) is 10.9. The molecule has 0 atom stereocenters. The fourth-order valence-electron chi connectivity index (χ4n) is 1.36. The topological polar surface area (TPSA) is 78.4 Å². The number of carbonyl (C=O) groups excluding carboxylic acids is 2. The van der Waals surface area contributed by atoms with Gasteiger partial charge in [-0.05, 0) is 26.0 Å². The number of halogens is 1. The summed E-state index contributed by atoms with van der Waals surface area (Å²) in [5.41, 5.74) is -0.398. The summed E-state index contributed by atoms with van der Waals surface area (Å²) in [5, 5.41) is 14.4. The molecule has 0 spiro atoms. The van der Waals surface area contributed by atoms with Crippen LogP contribution in [0.3, 0.4) is 0 Å². The van der Waals surface area contributed by atoms with Crippen LogP contribution in [0.15, 0.2) is 24.3 Å². The molecule has 104 valence electrons. The Bertz CT molecular complexity index is 475. The van der Waals surface area contributed by atoms with Gasteiger partial charge in [0.25, 0.3) is 5.91 Å². The molecule has 2 amide bonds. The van der Waals surface area contributed by atoms with Crippen molar-refractivity contribution in [2.24, 2.45) is 0 Å². The summed E-state index contributed by atoms with van der Waals surface area (Å²) >= 11 is 5.87. The average Bonchev–Trinajstić information content (AvgIpc) is 2.36. The number of benzene rings is 1. The van der Waals surface area contributed by atoms with E-state index in [2.05, 4.69) is 10.6 Å². The highest BCUT2D eigenvalue weighted by Gasteiger charge is 2.19. The van der Waals surface area contributed by atoms with Gasteiger partial charge in [-0.2, -0.15) is 0 Å². The molecule has 0 unspecified atom stereocenters. The first-order valence-corrected chi connectivity index (χ1v) is 6.18. The summed E-state index contributed by atoms with van der Waals surface area (Å²) in [6.07, 6.45) is 0. The molecule has 0 saturated heterocycles. The normalized spacial score (nSPS) is 10.9. The summed E-state index contributed by atoms with van der Waals surface area (Å²) in [4.78, 5) is 23.3. The maximum absolute atomic E-state index is 11.8. The van der Waals surface area contributed by atoms with Crippen LogP contribution in [0.25, 0.3) is 0 Å². The predicted molar refractivity (Wildman–Crippen MR) is 73.1 cm³/mol. The van der Waals surface area contributed by atoms with Crippen molar-refractivity contribution in [3.8, 4) is 0 Å². The standard InChI is InChI=1S/C13H17ClN2O3/c1-13(2,8-17)16-11(18)7-15-12(19)9-5-3-4-6-10(9)14/h3-6,17H,7-8H2,1-2H3,(H,15,19)(H,16,18). The van der Waals surface area contributed by atoms with Crippen molar-refractivity contribution in [3.05, 3.63) is 34.9 Å². The van der Waals surface area contributed by atoms with Crippen LogP contribution in [0, 0.1) is 0 Å². The predicted octanol–water partition coefficient (Wildman–Crippen LogP) is 0.957. The molecule has 5 nitrogen and oxygen atoms in total. The number of hydrogen-bond acceptors (Lipinski definition) is 3. The molecule has 0 bridgehead atoms. The number of nitrogens with one attached hydrogen (secondary N) is 2. The van der Waals surface area contributed by atoms with E-state index < -0.39 is 11.4 Å². The van der Waals surface area contributed by atoms with Crippen molar-refractivity contribution >= 4 is 23.4 Å². The molecule has 0 heterocycles. The first-order chi connectivity index (χ1) is 8.85. The third-order valence-electron chi connectivity index (χ3n) is 2.40. The molecule has 0 fully saturated rings. The molecular weight excluding hydrogens is 268 g/mol. The molecule has 1 aromatic rings. The molecule has 19 heavy (non-hydrogen) atoms. The van der Waals surface area contributed by atoms with Crippen LogP contribution in [-0.4, -0.2) is 35.6 Å². The van der Waals surface area contributed by atoms with Gasteiger partial charge in [0.2, 0.25) is 5.91 Å². The quantitative estimate of drug-likeness (QED) is 0.753. The maximum atomic E-state index is 11.8. The lowest BCUT2D eigenvalue weighted by Crippen LogP contribution is -2.49. The molecule has 3 N–H and O–H groups in total. The van der Waals surface area contributed by atoms with Gasteiger partial charge in [0.05, 0.1) is 29.3 Å². The first kappa shape index (κ1) is 15.5. The van der Waals surface area contributed by atoms with Crippen molar-refractivity contribution in [2.75, 3.05) is 13.2 Å². The zero-order valence-corrected chi connectivity index (χ0v) is 11.6. The van der Waals surface area contributed by atoms with Crippen molar-refractivity contribution in [3.63, 3.8) is 0 Å². The molecule has 0 saturated carbocycles. The van der Waals surface area contributed by atoms with Gasteiger partial charge >= 0.3 is 0 Å². The number of hydrogen-bond donors (Lipinski definition) is 3. The summed E-state index contributed by atoms with van der Waals surface area (Å²) < 4.78 is 0. The van der Waals surface area contributed by atoms with E-state index in [-0.39, 0.29) is 19.1 Å². The second kappa shape index (κ2) is 6.54. The molecule has 0 radical (unpaired) electrons. The molecule has 0 aliphatic rings. The Morgan fingerprint density at radius 2 is 1.95 bits per heavy atom. The van der Waals surface area contributed by atoms with Crippen molar-refractivity contribution in [1.82, 2.24) is 10.6 Å². The zero-order chi connectivity index (χ0) is 14.5. The van der Waals surface area contributed by atoms with Crippen molar-refractivity contribution in [1.29, 1.82) is 0 Å². The van der Waals surface area contributed by atoms with E-state index in [4.69, 9.17) is 16.7 Å². The molecule has 0 aliphatic carbocycles. The number of aliphatic hydroxyl groups excluding tert-OH is 1. The lowest BCUT2D eigenvalue weighted by molar-refractivity contribution is -0.122. The van der Waals surface area contributed by atoms with Crippen molar-refractivity contribution < 1.29 is 14.7 Å². The number of carbonyl (C=O) groups is 2. The Morgan fingerprint density at radius 3 is 2.53 bits per heavy atom. The van der Waals surface area contributed by atoms with Gasteiger partial charge in [-0.25, -0.2) is 0 Å². The summed E-state index contributed by atoms with van der Waals surface area (Å²) in [6.45, 7) is 3.01.